The maximum absolute atomic E-state index is 12.5. The zero-order valence-electron chi connectivity index (χ0n) is 18.8. The van der Waals surface area contributed by atoms with Gasteiger partial charge in [-0.2, -0.15) is 0 Å². The van der Waals surface area contributed by atoms with E-state index in [0.717, 1.165) is 55.5 Å². The smallest absolute Gasteiger partial charge is 0.338 e. The first-order valence-electron chi connectivity index (χ1n) is 11.1. The average molecular weight is 448 g/mol. The summed E-state index contributed by atoms with van der Waals surface area (Å²) in [4.78, 5) is 21.5. The summed E-state index contributed by atoms with van der Waals surface area (Å²) in [5.41, 5.74) is 3.46. The molecule has 3 aromatic rings. The van der Waals surface area contributed by atoms with Crippen molar-refractivity contribution in [1.82, 2.24) is 20.3 Å². The lowest BCUT2D eigenvalue weighted by molar-refractivity contribution is 0.0472. The topological polar surface area (TPSA) is 83.2 Å². The molecule has 0 amide bonds. The molecule has 0 radical (unpaired) electrons. The molecule has 2 aromatic carbocycles. The van der Waals surface area contributed by atoms with E-state index in [0.29, 0.717) is 12.1 Å². The monoisotopic (exact) mass is 447 g/mol. The van der Waals surface area contributed by atoms with Crippen LogP contribution in [0.15, 0.2) is 76.4 Å². The number of aromatic nitrogens is 1. The highest BCUT2D eigenvalue weighted by Crippen LogP contribution is 2.11. The predicted octanol–water partition coefficient (Wildman–Crippen LogP) is 2.92. The summed E-state index contributed by atoms with van der Waals surface area (Å²) in [5, 5.41) is 7.41. The van der Waals surface area contributed by atoms with Crippen LogP contribution in [0.4, 0.5) is 0 Å². The summed E-state index contributed by atoms with van der Waals surface area (Å²) in [5.74, 6) is 0.529. The lowest BCUT2D eigenvalue weighted by atomic mass is 10.1. The fourth-order valence-corrected chi connectivity index (χ4v) is 3.79. The number of hydrogen-bond donors (Lipinski definition) is 1. The first-order valence-corrected chi connectivity index (χ1v) is 11.1. The molecule has 172 valence electrons. The van der Waals surface area contributed by atoms with Crippen LogP contribution >= 0.6 is 0 Å². The van der Waals surface area contributed by atoms with Crippen LogP contribution in [0.2, 0.25) is 0 Å². The Morgan fingerprint density at radius 3 is 2.58 bits per heavy atom. The van der Waals surface area contributed by atoms with E-state index in [9.17, 15) is 4.79 Å². The summed E-state index contributed by atoms with van der Waals surface area (Å²) in [6.45, 7) is 5.24. The van der Waals surface area contributed by atoms with Crippen molar-refractivity contribution in [3.05, 3.63) is 89.3 Å². The number of carbonyl (C=O) groups excluding carboxylic acids is 1. The minimum atomic E-state index is -0.326. The van der Waals surface area contributed by atoms with E-state index in [2.05, 4.69) is 25.3 Å². The highest BCUT2D eigenvalue weighted by atomic mass is 16.5. The quantitative estimate of drug-likeness (QED) is 0.339. The van der Waals surface area contributed by atoms with Crippen molar-refractivity contribution in [2.45, 2.75) is 19.7 Å². The third-order valence-electron chi connectivity index (χ3n) is 5.59. The molecule has 8 heteroatoms. The molecule has 0 spiro atoms. The van der Waals surface area contributed by atoms with Gasteiger partial charge in [-0.05, 0) is 23.3 Å². The van der Waals surface area contributed by atoms with Crippen LogP contribution in [0.1, 0.15) is 27.2 Å². The van der Waals surface area contributed by atoms with Gasteiger partial charge in [-0.1, -0.05) is 47.6 Å². The third-order valence-corrected chi connectivity index (χ3v) is 5.59. The van der Waals surface area contributed by atoms with Gasteiger partial charge < -0.3 is 19.5 Å². The van der Waals surface area contributed by atoms with Crippen molar-refractivity contribution in [2.24, 2.45) is 4.99 Å². The van der Waals surface area contributed by atoms with Gasteiger partial charge in [0.05, 0.1) is 11.3 Å². The van der Waals surface area contributed by atoms with E-state index in [4.69, 9.17) is 9.26 Å². The van der Waals surface area contributed by atoms with Gasteiger partial charge >= 0.3 is 5.97 Å². The van der Waals surface area contributed by atoms with Crippen LogP contribution in [-0.4, -0.2) is 60.1 Å². The average Bonchev–Trinajstić information content (AvgIpc) is 3.38. The minimum absolute atomic E-state index is 0.261. The number of nitrogens with zero attached hydrogens (tertiary/aromatic N) is 4. The highest BCUT2D eigenvalue weighted by molar-refractivity contribution is 5.89. The lowest BCUT2D eigenvalue weighted by Crippen LogP contribution is -2.52. The van der Waals surface area contributed by atoms with E-state index in [1.807, 2.05) is 54.6 Å². The number of benzene rings is 2. The zero-order chi connectivity index (χ0) is 22.9. The number of ether oxygens (including phenoxy) is 1. The lowest BCUT2D eigenvalue weighted by Gasteiger charge is -2.36. The Hall–Kier alpha value is -3.65. The Morgan fingerprint density at radius 1 is 1.06 bits per heavy atom. The molecule has 0 aliphatic carbocycles. The zero-order valence-corrected chi connectivity index (χ0v) is 18.8. The Bertz CT molecular complexity index is 1040. The molecule has 0 unspecified atom stereocenters. The second kappa shape index (κ2) is 11.3. The van der Waals surface area contributed by atoms with Crippen LogP contribution in [0.5, 0.6) is 0 Å². The molecule has 8 nitrogen and oxygen atoms in total. The summed E-state index contributed by atoms with van der Waals surface area (Å²) in [6.07, 6.45) is 1.61. The van der Waals surface area contributed by atoms with Crippen molar-refractivity contribution in [3.8, 4) is 0 Å². The molecule has 1 aliphatic heterocycles. The standard InChI is InChI=1S/C25H29N5O3/c1-26-25(30-13-11-29(12-14-30)18-23-10-15-33-28-23)27-17-21-8-5-9-22(16-21)24(31)32-19-20-6-3-2-4-7-20/h2-10,15-16H,11-14,17-19H2,1H3,(H,26,27). The molecular formula is C25H29N5O3. The van der Waals surface area contributed by atoms with Crippen molar-refractivity contribution in [1.29, 1.82) is 0 Å². The SMILES string of the molecule is CN=C(NCc1cccc(C(=O)OCc2ccccc2)c1)N1CCN(Cc2ccon2)CC1. The van der Waals surface area contributed by atoms with Crippen LogP contribution in [0.25, 0.3) is 0 Å². The van der Waals surface area contributed by atoms with Gasteiger partial charge in [-0.15, -0.1) is 0 Å². The number of esters is 1. The van der Waals surface area contributed by atoms with Gasteiger partial charge in [0, 0.05) is 52.4 Å². The van der Waals surface area contributed by atoms with E-state index in [1.54, 1.807) is 19.4 Å². The first kappa shape index (κ1) is 22.5. The molecule has 4 rings (SSSR count). The Morgan fingerprint density at radius 2 is 1.85 bits per heavy atom. The first-order chi connectivity index (χ1) is 16.2. The summed E-state index contributed by atoms with van der Waals surface area (Å²) in [6, 6.07) is 19.1. The van der Waals surface area contributed by atoms with Gasteiger partial charge in [-0.25, -0.2) is 4.79 Å². The van der Waals surface area contributed by atoms with Crippen molar-refractivity contribution < 1.29 is 14.1 Å². The molecule has 1 aromatic heterocycles. The maximum atomic E-state index is 12.5. The van der Waals surface area contributed by atoms with E-state index in [-0.39, 0.29) is 12.6 Å². The largest absolute Gasteiger partial charge is 0.457 e. The number of aliphatic imine (C=N–C) groups is 1. The molecule has 1 saturated heterocycles. The van der Waals surface area contributed by atoms with Gasteiger partial charge in [0.25, 0.3) is 0 Å². The number of carbonyl (C=O) groups is 1. The summed E-state index contributed by atoms with van der Waals surface area (Å²) in [7, 11) is 1.79. The van der Waals surface area contributed by atoms with Crippen LogP contribution in [0, 0.1) is 0 Å². The number of guanidine groups is 1. The Kier molecular flexibility index (Phi) is 7.71. The summed E-state index contributed by atoms with van der Waals surface area (Å²) < 4.78 is 10.4. The normalized spacial score (nSPS) is 14.8. The molecule has 2 heterocycles. The van der Waals surface area contributed by atoms with Gasteiger partial charge in [-0.3, -0.25) is 9.89 Å². The molecule has 1 fully saturated rings. The van der Waals surface area contributed by atoms with Crippen LogP contribution in [-0.2, 0) is 24.4 Å². The second-order valence-electron chi connectivity index (χ2n) is 7.92. The Labute approximate surface area is 193 Å². The molecule has 1 aliphatic rings. The second-order valence-corrected chi connectivity index (χ2v) is 7.92. The van der Waals surface area contributed by atoms with E-state index < -0.39 is 0 Å². The van der Waals surface area contributed by atoms with Crippen LogP contribution < -0.4 is 5.32 Å². The fraction of sp³-hybridized carbons (Fsp3) is 0.320. The summed E-state index contributed by atoms with van der Waals surface area (Å²) >= 11 is 0. The number of rotatable bonds is 7. The maximum Gasteiger partial charge on any atom is 0.338 e. The number of piperazine rings is 1. The molecular weight excluding hydrogens is 418 g/mol. The molecule has 0 atom stereocenters. The molecule has 1 N–H and O–H groups in total. The predicted molar refractivity (Wildman–Crippen MR) is 126 cm³/mol. The third kappa shape index (κ3) is 6.43. The minimum Gasteiger partial charge on any atom is -0.457 e. The van der Waals surface area contributed by atoms with E-state index in [1.165, 1.54) is 0 Å². The number of nitrogens with one attached hydrogen (secondary N) is 1. The van der Waals surface area contributed by atoms with Gasteiger partial charge in [0.15, 0.2) is 5.96 Å². The Balaban J connectivity index is 1.26. The molecule has 0 bridgehead atoms. The highest BCUT2D eigenvalue weighted by Gasteiger charge is 2.20. The van der Waals surface area contributed by atoms with Crippen molar-refractivity contribution >= 4 is 11.9 Å². The number of hydrogen-bond acceptors (Lipinski definition) is 6. The van der Waals surface area contributed by atoms with Crippen LogP contribution in [0.3, 0.4) is 0 Å². The van der Waals surface area contributed by atoms with Crippen molar-refractivity contribution in [3.63, 3.8) is 0 Å². The van der Waals surface area contributed by atoms with Crippen molar-refractivity contribution in [2.75, 3.05) is 33.2 Å². The fourth-order valence-electron chi connectivity index (χ4n) is 3.79. The van der Waals surface area contributed by atoms with Gasteiger partial charge in [0.1, 0.15) is 12.9 Å². The molecule has 0 saturated carbocycles. The van der Waals surface area contributed by atoms with E-state index >= 15 is 0 Å². The van der Waals surface area contributed by atoms with Gasteiger partial charge in [0.2, 0.25) is 0 Å². The molecule has 33 heavy (non-hydrogen) atoms.